The smallest absolute Gasteiger partial charge is 0.102 e. The first-order chi connectivity index (χ1) is 9.84. The molecule has 1 aromatic rings. The Hall–Kier alpha value is -0.900. The van der Waals surface area contributed by atoms with Crippen LogP contribution in [0.2, 0.25) is 0 Å². The molecule has 3 heteroatoms. The zero-order valence-corrected chi connectivity index (χ0v) is 14.1. The number of hydrogen-bond acceptors (Lipinski definition) is 3. The summed E-state index contributed by atoms with van der Waals surface area (Å²) in [5.74, 6) is 0.647. The van der Waals surface area contributed by atoms with E-state index in [1.807, 2.05) is 26.0 Å². The number of benzene rings is 1. The van der Waals surface area contributed by atoms with Gasteiger partial charge in [-0.3, -0.25) is 0 Å². The van der Waals surface area contributed by atoms with Gasteiger partial charge < -0.3 is 14.6 Å². The van der Waals surface area contributed by atoms with Gasteiger partial charge in [0.25, 0.3) is 0 Å². The first-order valence-corrected chi connectivity index (χ1v) is 7.74. The summed E-state index contributed by atoms with van der Waals surface area (Å²) < 4.78 is 10.9. The van der Waals surface area contributed by atoms with Gasteiger partial charge in [0, 0.05) is 13.7 Å². The SMILES string of the molecule is COC(C)(C)CCOCC(O)c1ccc(CC(C)C)cc1. The predicted molar refractivity (Wildman–Crippen MR) is 86.5 cm³/mol. The summed E-state index contributed by atoms with van der Waals surface area (Å²) in [6.07, 6.45) is 1.31. The molecule has 0 saturated heterocycles. The Morgan fingerprint density at radius 2 is 1.76 bits per heavy atom. The molecular formula is C18H30O3. The lowest BCUT2D eigenvalue weighted by Gasteiger charge is -2.23. The molecule has 0 radical (unpaired) electrons. The molecule has 120 valence electrons. The predicted octanol–water partition coefficient (Wildman–Crippen LogP) is 3.75. The lowest BCUT2D eigenvalue weighted by atomic mass is 10.0. The summed E-state index contributed by atoms with van der Waals surface area (Å²) in [5, 5.41) is 10.1. The van der Waals surface area contributed by atoms with E-state index in [4.69, 9.17) is 9.47 Å². The molecule has 0 aliphatic heterocycles. The van der Waals surface area contributed by atoms with E-state index < -0.39 is 6.10 Å². The molecule has 1 atom stereocenters. The molecular weight excluding hydrogens is 264 g/mol. The highest BCUT2D eigenvalue weighted by atomic mass is 16.5. The Kier molecular flexibility index (Phi) is 7.36. The van der Waals surface area contributed by atoms with E-state index in [0.717, 1.165) is 18.4 Å². The minimum absolute atomic E-state index is 0.177. The minimum Gasteiger partial charge on any atom is -0.386 e. The average Bonchev–Trinajstić information content (AvgIpc) is 2.43. The number of aliphatic hydroxyl groups is 1. The maximum absolute atomic E-state index is 10.1. The summed E-state index contributed by atoms with van der Waals surface area (Å²) in [5.41, 5.74) is 2.04. The van der Waals surface area contributed by atoms with E-state index in [2.05, 4.69) is 26.0 Å². The van der Waals surface area contributed by atoms with Gasteiger partial charge >= 0.3 is 0 Å². The van der Waals surface area contributed by atoms with Crippen molar-refractivity contribution < 1.29 is 14.6 Å². The molecule has 1 rings (SSSR count). The first-order valence-electron chi connectivity index (χ1n) is 7.74. The van der Waals surface area contributed by atoms with E-state index >= 15 is 0 Å². The van der Waals surface area contributed by atoms with Crippen LogP contribution < -0.4 is 0 Å². The van der Waals surface area contributed by atoms with Crippen molar-refractivity contribution in [3.05, 3.63) is 35.4 Å². The number of methoxy groups -OCH3 is 1. The van der Waals surface area contributed by atoms with Crippen molar-refractivity contribution in [2.75, 3.05) is 20.3 Å². The molecule has 0 amide bonds. The van der Waals surface area contributed by atoms with Crippen LogP contribution in [-0.4, -0.2) is 31.0 Å². The van der Waals surface area contributed by atoms with Gasteiger partial charge in [-0.2, -0.15) is 0 Å². The second-order valence-corrected chi connectivity index (χ2v) is 6.64. The highest BCUT2D eigenvalue weighted by Gasteiger charge is 2.16. The maximum Gasteiger partial charge on any atom is 0.102 e. The highest BCUT2D eigenvalue weighted by molar-refractivity contribution is 5.24. The molecule has 0 bridgehead atoms. The first kappa shape index (κ1) is 18.1. The van der Waals surface area contributed by atoms with E-state index in [0.29, 0.717) is 19.1 Å². The van der Waals surface area contributed by atoms with Gasteiger partial charge in [-0.25, -0.2) is 0 Å². The topological polar surface area (TPSA) is 38.7 Å². The molecule has 1 N–H and O–H groups in total. The van der Waals surface area contributed by atoms with Crippen LogP contribution in [0.4, 0.5) is 0 Å². The summed E-state index contributed by atoms with van der Waals surface area (Å²) >= 11 is 0. The maximum atomic E-state index is 10.1. The van der Waals surface area contributed by atoms with E-state index in [1.54, 1.807) is 7.11 Å². The van der Waals surface area contributed by atoms with Crippen LogP contribution in [0, 0.1) is 5.92 Å². The van der Waals surface area contributed by atoms with Crippen LogP contribution >= 0.6 is 0 Å². The van der Waals surface area contributed by atoms with Crippen molar-refractivity contribution in [2.45, 2.75) is 52.2 Å². The molecule has 0 heterocycles. The average molecular weight is 294 g/mol. The molecule has 1 unspecified atom stereocenters. The Morgan fingerprint density at radius 1 is 1.14 bits per heavy atom. The molecule has 0 saturated carbocycles. The highest BCUT2D eigenvalue weighted by Crippen LogP contribution is 2.17. The van der Waals surface area contributed by atoms with Gasteiger partial charge in [0.15, 0.2) is 0 Å². The Labute approximate surface area is 129 Å². The van der Waals surface area contributed by atoms with Crippen LogP contribution in [0.3, 0.4) is 0 Å². The third-order valence-electron chi connectivity index (χ3n) is 3.69. The normalized spacial score (nSPS) is 13.7. The second kappa shape index (κ2) is 8.52. The van der Waals surface area contributed by atoms with Crippen LogP contribution in [0.15, 0.2) is 24.3 Å². The molecule has 3 nitrogen and oxygen atoms in total. The second-order valence-electron chi connectivity index (χ2n) is 6.64. The lowest BCUT2D eigenvalue weighted by molar-refractivity contribution is -0.0249. The number of aliphatic hydroxyl groups excluding tert-OH is 1. The van der Waals surface area contributed by atoms with Crippen molar-refractivity contribution in [2.24, 2.45) is 5.92 Å². The molecule has 0 spiro atoms. The lowest BCUT2D eigenvalue weighted by Crippen LogP contribution is -2.25. The fraction of sp³-hybridized carbons (Fsp3) is 0.667. The van der Waals surface area contributed by atoms with Crippen molar-refractivity contribution in [1.29, 1.82) is 0 Å². The zero-order chi connectivity index (χ0) is 15.9. The number of hydrogen-bond donors (Lipinski definition) is 1. The molecule has 0 aliphatic rings. The summed E-state index contributed by atoms with van der Waals surface area (Å²) in [6, 6.07) is 8.16. The molecule has 0 fully saturated rings. The summed E-state index contributed by atoms with van der Waals surface area (Å²) in [7, 11) is 1.70. The zero-order valence-electron chi connectivity index (χ0n) is 14.1. The van der Waals surface area contributed by atoms with Gasteiger partial charge in [-0.15, -0.1) is 0 Å². The van der Waals surface area contributed by atoms with Gasteiger partial charge in [-0.1, -0.05) is 38.1 Å². The van der Waals surface area contributed by atoms with E-state index in [9.17, 15) is 5.11 Å². The third kappa shape index (κ3) is 7.07. The van der Waals surface area contributed by atoms with Gasteiger partial charge in [0.05, 0.1) is 12.2 Å². The number of rotatable bonds is 9. The fourth-order valence-electron chi connectivity index (χ4n) is 2.06. The Bertz CT molecular complexity index is 395. The molecule has 0 aliphatic carbocycles. The molecule has 0 aromatic heterocycles. The quantitative estimate of drug-likeness (QED) is 0.705. The Balaban J connectivity index is 2.36. The van der Waals surface area contributed by atoms with E-state index in [-0.39, 0.29) is 5.60 Å². The van der Waals surface area contributed by atoms with Crippen molar-refractivity contribution >= 4 is 0 Å². The monoisotopic (exact) mass is 294 g/mol. The number of ether oxygens (including phenoxy) is 2. The van der Waals surface area contributed by atoms with Crippen LogP contribution in [0.1, 0.15) is 51.3 Å². The van der Waals surface area contributed by atoms with Gasteiger partial charge in [0.1, 0.15) is 6.10 Å². The Morgan fingerprint density at radius 3 is 2.29 bits per heavy atom. The third-order valence-corrected chi connectivity index (χ3v) is 3.69. The fourth-order valence-corrected chi connectivity index (χ4v) is 2.06. The van der Waals surface area contributed by atoms with Crippen molar-refractivity contribution in [3.8, 4) is 0 Å². The van der Waals surface area contributed by atoms with Crippen LogP contribution in [0.25, 0.3) is 0 Å². The van der Waals surface area contributed by atoms with Gasteiger partial charge in [0.2, 0.25) is 0 Å². The van der Waals surface area contributed by atoms with Crippen molar-refractivity contribution in [1.82, 2.24) is 0 Å². The van der Waals surface area contributed by atoms with Gasteiger partial charge in [-0.05, 0) is 43.7 Å². The molecule has 21 heavy (non-hydrogen) atoms. The summed E-state index contributed by atoms with van der Waals surface area (Å²) in [6.45, 7) is 9.38. The van der Waals surface area contributed by atoms with E-state index in [1.165, 1.54) is 5.56 Å². The van der Waals surface area contributed by atoms with Crippen LogP contribution in [0.5, 0.6) is 0 Å². The minimum atomic E-state index is -0.566. The standard InChI is InChI=1S/C18H30O3/c1-14(2)12-15-6-8-16(9-7-15)17(19)13-21-11-10-18(3,4)20-5/h6-9,14,17,19H,10-13H2,1-5H3. The summed E-state index contributed by atoms with van der Waals surface area (Å²) in [4.78, 5) is 0. The van der Waals surface area contributed by atoms with Crippen molar-refractivity contribution in [3.63, 3.8) is 0 Å². The largest absolute Gasteiger partial charge is 0.386 e. The van der Waals surface area contributed by atoms with Crippen LogP contribution in [-0.2, 0) is 15.9 Å². The molecule has 1 aromatic carbocycles.